The van der Waals surface area contributed by atoms with Crippen molar-refractivity contribution in [2.45, 2.75) is 33.0 Å². The van der Waals surface area contributed by atoms with Crippen LogP contribution in [-0.2, 0) is 16.2 Å². The van der Waals surface area contributed by atoms with Gasteiger partial charge >= 0.3 is 6.18 Å². The number of anilines is 2. The van der Waals surface area contributed by atoms with Gasteiger partial charge in [0.15, 0.2) is 5.82 Å². The van der Waals surface area contributed by atoms with Gasteiger partial charge in [-0.15, -0.1) is 10.2 Å². The Balaban J connectivity index is 1.23. The highest BCUT2D eigenvalue weighted by Gasteiger charge is 2.31. The Labute approximate surface area is 248 Å². The minimum absolute atomic E-state index is 0.0322. The van der Waals surface area contributed by atoms with Gasteiger partial charge in [0, 0.05) is 57.4 Å². The number of rotatable bonds is 5. The molecule has 1 atom stereocenters. The second kappa shape index (κ2) is 11.7. The number of piperazine rings is 2. The van der Waals surface area contributed by atoms with E-state index in [2.05, 4.69) is 36.9 Å². The molecule has 0 spiro atoms. The molecule has 0 saturated carbocycles. The summed E-state index contributed by atoms with van der Waals surface area (Å²) in [4.78, 5) is 27.6. The first-order valence-electron chi connectivity index (χ1n) is 13.8. The monoisotopic (exact) mass is 618 g/mol. The van der Waals surface area contributed by atoms with E-state index in [1.807, 2.05) is 13.8 Å². The van der Waals surface area contributed by atoms with Crippen molar-refractivity contribution in [2.24, 2.45) is 0 Å². The fourth-order valence-corrected chi connectivity index (χ4v) is 6.27. The summed E-state index contributed by atoms with van der Waals surface area (Å²) in [6.45, 7) is 8.85. The van der Waals surface area contributed by atoms with Crippen LogP contribution in [0.25, 0.3) is 11.3 Å². The summed E-state index contributed by atoms with van der Waals surface area (Å²) in [5.41, 5.74) is 2.37. The van der Waals surface area contributed by atoms with Gasteiger partial charge in [0.25, 0.3) is 5.91 Å². The molecule has 2 fully saturated rings. The van der Waals surface area contributed by atoms with Crippen molar-refractivity contribution < 1.29 is 26.4 Å². The third-order valence-corrected chi connectivity index (χ3v) is 9.36. The molecule has 1 amide bonds. The number of nitrogens with zero attached hydrogens (tertiary/aromatic N) is 8. The van der Waals surface area contributed by atoms with E-state index in [-0.39, 0.29) is 30.7 Å². The molecule has 2 saturated heterocycles. The molecule has 2 aliphatic heterocycles. The van der Waals surface area contributed by atoms with E-state index in [9.17, 15) is 26.4 Å². The molecule has 0 unspecified atom stereocenters. The molecule has 2 aliphatic rings. The topological polar surface area (TPSA) is 116 Å². The zero-order valence-corrected chi connectivity index (χ0v) is 25.2. The maximum absolute atomic E-state index is 13.0. The summed E-state index contributed by atoms with van der Waals surface area (Å²) in [5, 5.41) is 8.85. The normalized spacial score (nSPS) is 18.7. The SMILES string of the molecule is Cc1c(-c2ccc(C(F)(F)F)cc2)nnc(N2CCN(c3cnc(C(=O)N4CCN(S(C)(=O)=O)CC4)cn3)[C@H](C)C2)c1C. The third-order valence-electron chi connectivity index (χ3n) is 8.06. The molecule has 0 aliphatic carbocycles. The molecule has 4 heterocycles. The van der Waals surface area contributed by atoms with Crippen LogP contribution in [0.3, 0.4) is 0 Å². The van der Waals surface area contributed by atoms with Crippen LogP contribution in [0.5, 0.6) is 0 Å². The van der Waals surface area contributed by atoms with Crippen molar-refractivity contribution >= 4 is 27.6 Å². The van der Waals surface area contributed by atoms with Crippen molar-refractivity contribution in [3.63, 3.8) is 0 Å². The lowest BCUT2D eigenvalue weighted by Gasteiger charge is -2.41. The van der Waals surface area contributed by atoms with Crippen LogP contribution >= 0.6 is 0 Å². The summed E-state index contributed by atoms with van der Waals surface area (Å²) in [6, 6.07) is 4.96. The lowest BCUT2D eigenvalue weighted by atomic mass is 10.0. The van der Waals surface area contributed by atoms with Crippen LogP contribution in [0.4, 0.5) is 24.8 Å². The number of hydrogen-bond donors (Lipinski definition) is 0. The molecule has 5 rings (SSSR count). The number of aromatic nitrogens is 4. The zero-order chi connectivity index (χ0) is 31.1. The van der Waals surface area contributed by atoms with E-state index in [1.54, 1.807) is 11.1 Å². The molecule has 0 radical (unpaired) electrons. The van der Waals surface area contributed by atoms with E-state index < -0.39 is 21.8 Å². The number of sulfonamides is 1. The van der Waals surface area contributed by atoms with Gasteiger partial charge in [-0.25, -0.2) is 18.4 Å². The predicted molar refractivity (Wildman–Crippen MR) is 155 cm³/mol. The molecule has 11 nitrogen and oxygen atoms in total. The van der Waals surface area contributed by atoms with Crippen LogP contribution < -0.4 is 9.80 Å². The van der Waals surface area contributed by atoms with Crippen molar-refractivity contribution in [2.75, 3.05) is 61.9 Å². The number of amides is 1. The molecule has 43 heavy (non-hydrogen) atoms. The zero-order valence-electron chi connectivity index (χ0n) is 24.3. The third kappa shape index (κ3) is 6.42. The molecular weight excluding hydrogens is 585 g/mol. The van der Waals surface area contributed by atoms with Crippen LogP contribution in [0.2, 0.25) is 0 Å². The van der Waals surface area contributed by atoms with Gasteiger partial charge in [-0.1, -0.05) is 12.1 Å². The molecule has 3 aromatic rings. The van der Waals surface area contributed by atoms with Gasteiger partial charge in [0.2, 0.25) is 10.0 Å². The van der Waals surface area contributed by atoms with Crippen molar-refractivity contribution in [3.05, 3.63) is 59.0 Å². The maximum Gasteiger partial charge on any atom is 0.416 e. The summed E-state index contributed by atoms with van der Waals surface area (Å²) in [6.07, 6.45) is -0.200. The molecular formula is C28H33F3N8O3S. The molecule has 15 heteroatoms. The Morgan fingerprint density at radius 2 is 1.58 bits per heavy atom. The number of carbonyl (C=O) groups excluding carboxylic acids is 1. The average Bonchev–Trinajstić information content (AvgIpc) is 2.97. The van der Waals surface area contributed by atoms with Crippen LogP contribution in [-0.4, -0.2) is 102 Å². The Bertz CT molecular complexity index is 1590. The summed E-state index contributed by atoms with van der Waals surface area (Å²) >= 11 is 0. The second-order valence-electron chi connectivity index (χ2n) is 10.9. The number of hydrogen-bond acceptors (Lipinski definition) is 9. The van der Waals surface area contributed by atoms with E-state index in [0.29, 0.717) is 49.8 Å². The first kappa shape index (κ1) is 30.6. The fourth-order valence-electron chi connectivity index (χ4n) is 5.44. The van der Waals surface area contributed by atoms with Crippen molar-refractivity contribution in [1.29, 1.82) is 0 Å². The van der Waals surface area contributed by atoms with Gasteiger partial charge in [-0.05, 0) is 44.0 Å². The number of halogens is 3. The molecule has 1 aromatic carbocycles. The predicted octanol–water partition coefficient (Wildman–Crippen LogP) is 3.00. The van der Waals surface area contributed by atoms with E-state index in [4.69, 9.17) is 0 Å². The standard InChI is InChI=1S/C28H33F3N8O3S/c1-18-17-37(26-20(3)19(2)25(34-35-26)21-5-7-22(8-6-21)28(29,30)31)11-14-39(18)24-16-32-23(15-33-24)27(40)36-9-12-38(13-10-36)43(4,41)42/h5-8,15-16,18H,9-14,17H2,1-4H3/t18-/m1/s1. The van der Waals surface area contributed by atoms with Gasteiger partial charge in [-0.2, -0.15) is 17.5 Å². The van der Waals surface area contributed by atoms with Crippen molar-refractivity contribution in [3.8, 4) is 11.3 Å². The minimum Gasteiger partial charge on any atom is -0.351 e. The summed E-state index contributed by atoms with van der Waals surface area (Å²) in [5.74, 6) is 1.08. The Morgan fingerprint density at radius 1 is 0.907 bits per heavy atom. The number of carbonyl (C=O) groups is 1. The minimum atomic E-state index is -4.40. The Hall–Kier alpha value is -3.85. The quantitative estimate of drug-likeness (QED) is 0.426. The van der Waals surface area contributed by atoms with Crippen molar-refractivity contribution in [1.82, 2.24) is 29.4 Å². The fraction of sp³-hybridized carbons (Fsp3) is 0.464. The van der Waals surface area contributed by atoms with Gasteiger partial charge in [0.05, 0.1) is 29.9 Å². The first-order valence-corrected chi connectivity index (χ1v) is 15.7. The van der Waals surface area contributed by atoms with Crippen LogP contribution in [0.1, 0.15) is 34.1 Å². The summed E-state index contributed by atoms with van der Waals surface area (Å²) in [7, 11) is -3.29. The van der Waals surface area contributed by atoms with E-state index in [0.717, 1.165) is 35.3 Å². The largest absolute Gasteiger partial charge is 0.416 e. The highest BCUT2D eigenvalue weighted by Crippen LogP contribution is 2.33. The molecule has 0 bridgehead atoms. The molecule has 230 valence electrons. The number of benzene rings is 1. The van der Waals surface area contributed by atoms with E-state index >= 15 is 0 Å². The van der Waals surface area contributed by atoms with Gasteiger partial charge < -0.3 is 14.7 Å². The maximum atomic E-state index is 13.0. The lowest BCUT2D eigenvalue weighted by Crippen LogP contribution is -2.53. The highest BCUT2D eigenvalue weighted by molar-refractivity contribution is 7.88. The van der Waals surface area contributed by atoms with Gasteiger partial charge in [0.1, 0.15) is 11.5 Å². The highest BCUT2D eigenvalue weighted by atomic mass is 32.2. The van der Waals surface area contributed by atoms with Crippen LogP contribution in [0, 0.1) is 13.8 Å². The first-order chi connectivity index (χ1) is 20.2. The molecule has 2 aromatic heterocycles. The molecule has 0 N–H and O–H groups in total. The lowest BCUT2D eigenvalue weighted by molar-refractivity contribution is -0.137. The van der Waals surface area contributed by atoms with Gasteiger partial charge in [-0.3, -0.25) is 4.79 Å². The average molecular weight is 619 g/mol. The second-order valence-corrected chi connectivity index (χ2v) is 12.9. The van der Waals surface area contributed by atoms with E-state index in [1.165, 1.54) is 22.6 Å². The summed E-state index contributed by atoms with van der Waals surface area (Å²) < 4.78 is 63.8. The smallest absolute Gasteiger partial charge is 0.351 e. The Morgan fingerprint density at radius 3 is 2.14 bits per heavy atom. The van der Waals surface area contributed by atoms with Crippen LogP contribution in [0.15, 0.2) is 36.7 Å². The number of alkyl halides is 3. The Kier molecular flexibility index (Phi) is 8.31.